The third kappa shape index (κ3) is 6.27. The van der Waals surface area contributed by atoms with Gasteiger partial charge in [0.15, 0.2) is 13.2 Å². The maximum atomic E-state index is 10.5. The average Bonchev–Trinajstić information content (AvgIpc) is 2.11. The zero-order valence-corrected chi connectivity index (χ0v) is 6.61. The van der Waals surface area contributed by atoms with E-state index in [1.54, 1.807) is 0 Å². The van der Waals surface area contributed by atoms with Gasteiger partial charge in [-0.3, -0.25) is 0 Å². The number of hydrogen-bond donors (Lipinski definition) is 0. The average molecular weight is 182 g/mol. The van der Waals surface area contributed by atoms with E-state index >= 15 is 0 Å². The minimum Gasteiger partial charge on any atom is -0.421 e. The molecule has 0 N–H and O–H groups in total. The first-order chi connectivity index (χ1) is 6.20. The van der Waals surface area contributed by atoms with Crippen LogP contribution in [0.4, 0.5) is 9.59 Å². The summed E-state index contributed by atoms with van der Waals surface area (Å²) in [5.74, 6) is 4.02. The molecule has 0 aliphatic carbocycles. The highest BCUT2D eigenvalue weighted by molar-refractivity contribution is 5.77. The molecule has 0 heterocycles. The molecule has 0 saturated carbocycles. The lowest BCUT2D eigenvalue weighted by molar-refractivity contribution is 0.0472. The minimum atomic E-state index is -1.22. The smallest absolute Gasteiger partial charge is 0.421 e. The topological polar surface area (TPSA) is 61.8 Å². The lowest BCUT2D eigenvalue weighted by Gasteiger charge is -2.00. The third-order valence-electron chi connectivity index (χ3n) is 0.713. The number of hydrogen-bond acceptors (Lipinski definition) is 5. The van der Waals surface area contributed by atoms with Gasteiger partial charge in [-0.1, -0.05) is 11.8 Å². The summed E-state index contributed by atoms with van der Waals surface area (Å²) in [4.78, 5) is 21.0. The van der Waals surface area contributed by atoms with E-state index in [0.717, 1.165) is 0 Å². The lowest BCUT2D eigenvalue weighted by atomic mass is 10.8. The summed E-state index contributed by atoms with van der Waals surface area (Å²) < 4.78 is 12.3. The second kappa shape index (κ2) is 6.56. The maximum absolute atomic E-state index is 10.5. The summed E-state index contributed by atoms with van der Waals surface area (Å²) in [6.07, 6.45) is 7.08. The zero-order valence-electron chi connectivity index (χ0n) is 6.61. The lowest BCUT2D eigenvalue weighted by Crippen LogP contribution is -2.15. The van der Waals surface area contributed by atoms with Gasteiger partial charge >= 0.3 is 12.3 Å². The fraction of sp³-hybridized carbons (Fsp3) is 0.250. The van der Waals surface area contributed by atoms with E-state index in [-0.39, 0.29) is 13.2 Å². The van der Waals surface area contributed by atoms with Gasteiger partial charge in [0.25, 0.3) is 0 Å². The Bertz CT molecular complexity index is 239. The second-order valence-corrected chi connectivity index (χ2v) is 1.59. The van der Waals surface area contributed by atoms with Crippen molar-refractivity contribution in [1.29, 1.82) is 0 Å². The molecular formula is C8H6O5. The third-order valence-corrected chi connectivity index (χ3v) is 0.713. The van der Waals surface area contributed by atoms with Crippen molar-refractivity contribution >= 4 is 12.3 Å². The molecule has 0 radical (unpaired) electrons. The first-order valence-electron chi connectivity index (χ1n) is 3.09. The van der Waals surface area contributed by atoms with Crippen molar-refractivity contribution in [1.82, 2.24) is 0 Å². The van der Waals surface area contributed by atoms with Gasteiger partial charge in [-0.2, -0.15) is 0 Å². The molecule has 0 rings (SSSR count). The van der Waals surface area contributed by atoms with Crippen molar-refractivity contribution in [2.75, 3.05) is 13.2 Å². The molecule has 13 heavy (non-hydrogen) atoms. The normalized spacial score (nSPS) is 7.54. The van der Waals surface area contributed by atoms with Gasteiger partial charge < -0.3 is 14.2 Å². The molecule has 0 aliphatic heterocycles. The number of carbonyl (C=O) groups excluding carboxylic acids is 2. The van der Waals surface area contributed by atoms with Gasteiger partial charge in [-0.25, -0.2) is 9.59 Å². The molecule has 0 unspecified atom stereocenters. The fourth-order valence-electron chi connectivity index (χ4n) is 0.328. The van der Waals surface area contributed by atoms with Crippen LogP contribution < -0.4 is 0 Å². The zero-order chi connectivity index (χ0) is 10.1. The predicted molar refractivity (Wildman–Crippen MR) is 41.4 cm³/mol. The number of ether oxygens (including phenoxy) is 3. The van der Waals surface area contributed by atoms with E-state index in [0.29, 0.717) is 0 Å². The molecular weight excluding hydrogens is 176 g/mol. The van der Waals surface area contributed by atoms with Gasteiger partial charge in [0.2, 0.25) is 0 Å². The molecule has 0 amide bonds. The minimum absolute atomic E-state index is 0.277. The molecule has 0 spiro atoms. The first-order valence-corrected chi connectivity index (χ1v) is 3.09. The SMILES string of the molecule is C#CCOC(=O)OC(=O)OCC#C. The Kier molecular flexibility index (Phi) is 5.48. The maximum Gasteiger partial charge on any atom is 0.519 e. The molecule has 0 aromatic rings. The number of terminal acetylenes is 2. The van der Waals surface area contributed by atoms with Crippen LogP contribution in [0, 0.1) is 24.7 Å². The first kappa shape index (κ1) is 10.9. The quantitative estimate of drug-likeness (QED) is 0.354. The van der Waals surface area contributed by atoms with Crippen molar-refractivity contribution in [2.24, 2.45) is 0 Å². The second-order valence-electron chi connectivity index (χ2n) is 1.59. The molecule has 0 saturated heterocycles. The van der Waals surface area contributed by atoms with Crippen LogP contribution in [0.1, 0.15) is 0 Å². The molecule has 68 valence electrons. The summed E-state index contributed by atoms with van der Waals surface area (Å²) in [5.41, 5.74) is 0. The van der Waals surface area contributed by atoms with Crippen LogP contribution in [0.5, 0.6) is 0 Å². The molecule has 0 atom stereocenters. The molecule has 0 bridgehead atoms. The van der Waals surface area contributed by atoms with Crippen molar-refractivity contribution in [3.63, 3.8) is 0 Å². The van der Waals surface area contributed by atoms with Crippen LogP contribution in [0.25, 0.3) is 0 Å². The van der Waals surface area contributed by atoms with Gasteiger partial charge in [0.05, 0.1) is 0 Å². The van der Waals surface area contributed by atoms with Crippen LogP contribution >= 0.6 is 0 Å². The number of rotatable bonds is 2. The summed E-state index contributed by atoms with van der Waals surface area (Å²) in [6.45, 7) is -0.553. The number of carbonyl (C=O) groups is 2. The van der Waals surface area contributed by atoms with Crippen LogP contribution in [0.15, 0.2) is 0 Å². The Morgan fingerprint density at radius 2 is 1.38 bits per heavy atom. The van der Waals surface area contributed by atoms with E-state index in [2.05, 4.69) is 14.2 Å². The van der Waals surface area contributed by atoms with Gasteiger partial charge in [0.1, 0.15) is 0 Å². The monoisotopic (exact) mass is 182 g/mol. The summed E-state index contributed by atoms with van der Waals surface area (Å²) in [6, 6.07) is 0. The van der Waals surface area contributed by atoms with E-state index in [1.165, 1.54) is 0 Å². The largest absolute Gasteiger partial charge is 0.519 e. The Morgan fingerprint density at radius 3 is 1.69 bits per heavy atom. The predicted octanol–water partition coefficient (Wildman–Crippen LogP) is 0.543. The summed E-state index contributed by atoms with van der Waals surface area (Å²) in [7, 11) is 0. The van der Waals surface area contributed by atoms with Crippen molar-refractivity contribution in [3.05, 3.63) is 0 Å². The van der Waals surface area contributed by atoms with Crippen molar-refractivity contribution < 1.29 is 23.8 Å². The Balaban J connectivity index is 3.62. The fourth-order valence-corrected chi connectivity index (χ4v) is 0.328. The molecule has 0 fully saturated rings. The van der Waals surface area contributed by atoms with E-state index in [9.17, 15) is 9.59 Å². The van der Waals surface area contributed by atoms with Crippen LogP contribution in [0.3, 0.4) is 0 Å². The van der Waals surface area contributed by atoms with Gasteiger partial charge in [-0.05, 0) is 0 Å². The van der Waals surface area contributed by atoms with E-state index in [4.69, 9.17) is 12.8 Å². The Hall–Kier alpha value is -2.14. The highest BCUT2D eigenvalue weighted by atomic mass is 16.8. The van der Waals surface area contributed by atoms with Crippen LogP contribution in [-0.4, -0.2) is 25.5 Å². The molecule has 0 aromatic heterocycles. The van der Waals surface area contributed by atoms with Crippen molar-refractivity contribution in [3.8, 4) is 24.7 Å². The Labute approximate surface area is 75.0 Å². The highest BCUT2D eigenvalue weighted by Crippen LogP contribution is 1.89. The molecule has 0 aromatic carbocycles. The van der Waals surface area contributed by atoms with Gasteiger partial charge in [-0.15, -0.1) is 12.8 Å². The highest BCUT2D eigenvalue weighted by Gasteiger charge is 2.11. The Morgan fingerprint density at radius 1 is 1.00 bits per heavy atom. The molecule has 0 aliphatic rings. The van der Waals surface area contributed by atoms with E-state index in [1.807, 2.05) is 11.8 Å². The summed E-state index contributed by atoms with van der Waals surface area (Å²) in [5, 5.41) is 0. The standard InChI is InChI=1S/C8H6O5/c1-3-5-11-7(9)13-8(10)12-6-4-2/h1-2H,5-6H2. The van der Waals surface area contributed by atoms with E-state index < -0.39 is 12.3 Å². The van der Waals surface area contributed by atoms with Crippen LogP contribution in [-0.2, 0) is 14.2 Å². The molecule has 5 nitrogen and oxygen atoms in total. The molecule has 5 heteroatoms. The van der Waals surface area contributed by atoms with Gasteiger partial charge in [0, 0.05) is 0 Å². The summed E-state index contributed by atoms with van der Waals surface area (Å²) >= 11 is 0. The van der Waals surface area contributed by atoms with Crippen LogP contribution in [0.2, 0.25) is 0 Å². The van der Waals surface area contributed by atoms with Crippen molar-refractivity contribution in [2.45, 2.75) is 0 Å².